The highest BCUT2D eigenvalue weighted by molar-refractivity contribution is 5.93. The van der Waals surface area contributed by atoms with Gasteiger partial charge >= 0.3 is 6.03 Å². The first kappa shape index (κ1) is 13.7. The predicted octanol–water partition coefficient (Wildman–Crippen LogP) is 1.79. The molecule has 2 rings (SSSR count). The summed E-state index contributed by atoms with van der Waals surface area (Å²) in [5.74, 6) is 0. The second-order valence-electron chi connectivity index (χ2n) is 4.67. The Bertz CT molecular complexity index is 417. The minimum atomic E-state index is -0.222. The number of anilines is 2. The van der Waals surface area contributed by atoms with Crippen molar-refractivity contribution in [2.24, 2.45) is 0 Å². The number of amides is 2. The Labute approximate surface area is 113 Å². The summed E-state index contributed by atoms with van der Waals surface area (Å²) in [5.41, 5.74) is 1.92. The van der Waals surface area contributed by atoms with Gasteiger partial charge in [-0.05, 0) is 31.4 Å². The number of benzene rings is 1. The zero-order valence-corrected chi connectivity index (χ0v) is 11.1. The van der Waals surface area contributed by atoms with Gasteiger partial charge in [0, 0.05) is 26.2 Å². The van der Waals surface area contributed by atoms with Crippen molar-refractivity contribution in [1.29, 1.82) is 0 Å². The lowest BCUT2D eigenvalue weighted by atomic mass is 10.2. The van der Waals surface area contributed by atoms with Gasteiger partial charge in [-0.15, -0.1) is 0 Å². The molecule has 0 radical (unpaired) electrons. The standard InChI is InChI=1S/C14H21N3O2/c18-11-5-8-15-14(19)16-12-6-1-2-7-13(12)17-9-3-4-10-17/h1-2,6-7,18H,3-5,8-11H2,(H2,15,16,19). The molecular formula is C14H21N3O2. The molecule has 1 fully saturated rings. The number of nitrogens with one attached hydrogen (secondary N) is 2. The third-order valence-electron chi connectivity index (χ3n) is 3.22. The number of aliphatic hydroxyl groups is 1. The van der Waals surface area contributed by atoms with Gasteiger partial charge in [-0.1, -0.05) is 12.1 Å². The van der Waals surface area contributed by atoms with Crippen molar-refractivity contribution in [3.8, 4) is 0 Å². The van der Waals surface area contributed by atoms with Gasteiger partial charge in [0.1, 0.15) is 0 Å². The van der Waals surface area contributed by atoms with E-state index in [1.54, 1.807) is 0 Å². The van der Waals surface area contributed by atoms with Crippen LogP contribution in [0.25, 0.3) is 0 Å². The summed E-state index contributed by atoms with van der Waals surface area (Å²) in [6.07, 6.45) is 2.98. The van der Waals surface area contributed by atoms with Gasteiger partial charge in [0.25, 0.3) is 0 Å². The molecular weight excluding hydrogens is 242 g/mol. The molecule has 0 bridgehead atoms. The first-order chi connectivity index (χ1) is 9.31. The maximum Gasteiger partial charge on any atom is 0.319 e. The Hall–Kier alpha value is -1.75. The third-order valence-corrected chi connectivity index (χ3v) is 3.22. The fourth-order valence-electron chi connectivity index (χ4n) is 2.26. The van der Waals surface area contributed by atoms with Gasteiger partial charge in [0.15, 0.2) is 0 Å². The topological polar surface area (TPSA) is 64.6 Å². The van der Waals surface area contributed by atoms with E-state index < -0.39 is 0 Å². The smallest absolute Gasteiger partial charge is 0.319 e. The average Bonchev–Trinajstić information content (AvgIpc) is 2.93. The van der Waals surface area contributed by atoms with Crippen LogP contribution in [0.1, 0.15) is 19.3 Å². The molecule has 2 amide bonds. The molecule has 1 aliphatic heterocycles. The van der Waals surface area contributed by atoms with E-state index in [2.05, 4.69) is 15.5 Å². The predicted molar refractivity (Wildman–Crippen MR) is 76.6 cm³/mol. The first-order valence-electron chi connectivity index (χ1n) is 6.81. The maximum atomic E-state index is 11.7. The van der Waals surface area contributed by atoms with Crippen molar-refractivity contribution in [1.82, 2.24) is 5.32 Å². The van der Waals surface area contributed by atoms with Crippen LogP contribution in [0, 0.1) is 0 Å². The molecule has 0 spiro atoms. The van der Waals surface area contributed by atoms with Crippen LogP contribution in [0.4, 0.5) is 16.2 Å². The van der Waals surface area contributed by atoms with E-state index in [-0.39, 0.29) is 12.6 Å². The summed E-state index contributed by atoms with van der Waals surface area (Å²) < 4.78 is 0. The van der Waals surface area contributed by atoms with Crippen molar-refractivity contribution < 1.29 is 9.90 Å². The molecule has 0 saturated carbocycles. The highest BCUT2D eigenvalue weighted by Gasteiger charge is 2.16. The zero-order valence-electron chi connectivity index (χ0n) is 11.1. The molecule has 104 valence electrons. The van der Waals surface area contributed by atoms with E-state index in [9.17, 15) is 4.79 Å². The number of aliphatic hydroxyl groups excluding tert-OH is 1. The first-order valence-corrected chi connectivity index (χ1v) is 6.81. The number of nitrogens with zero attached hydrogens (tertiary/aromatic N) is 1. The van der Waals surface area contributed by atoms with Crippen molar-refractivity contribution >= 4 is 17.4 Å². The largest absolute Gasteiger partial charge is 0.396 e. The summed E-state index contributed by atoms with van der Waals surface area (Å²) in [5, 5.41) is 14.3. The molecule has 1 saturated heterocycles. The van der Waals surface area contributed by atoms with E-state index in [1.165, 1.54) is 12.8 Å². The summed E-state index contributed by atoms with van der Waals surface area (Å²) >= 11 is 0. The van der Waals surface area contributed by atoms with Crippen LogP contribution in [-0.4, -0.2) is 37.4 Å². The Kier molecular flexibility index (Phi) is 5.03. The Morgan fingerprint density at radius 2 is 2.00 bits per heavy atom. The maximum absolute atomic E-state index is 11.7. The van der Waals surface area contributed by atoms with Gasteiger partial charge in [-0.2, -0.15) is 0 Å². The lowest BCUT2D eigenvalue weighted by Crippen LogP contribution is -2.31. The molecule has 5 heteroatoms. The number of urea groups is 1. The molecule has 0 unspecified atom stereocenters. The van der Waals surface area contributed by atoms with Gasteiger partial charge in [-0.25, -0.2) is 4.79 Å². The lowest BCUT2D eigenvalue weighted by Gasteiger charge is -2.21. The number of para-hydroxylation sites is 2. The molecule has 0 aromatic heterocycles. The molecule has 1 aromatic carbocycles. The van der Waals surface area contributed by atoms with Gasteiger partial charge in [0.2, 0.25) is 0 Å². The van der Waals surface area contributed by atoms with E-state index >= 15 is 0 Å². The number of rotatable bonds is 5. The summed E-state index contributed by atoms with van der Waals surface area (Å²) in [6.45, 7) is 2.66. The molecule has 1 heterocycles. The number of hydrogen-bond acceptors (Lipinski definition) is 3. The highest BCUT2D eigenvalue weighted by Crippen LogP contribution is 2.28. The molecule has 1 aliphatic rings. The van der Waals surface area contributed by atoms with Crippen LogP contribution in [0.5, 0.6) is 0 Å². The Morgan fingerprint density at radius 3 is 2.74 bits per heavy atom. The number of carbonyl (C=O) groups excluding carboxylic acids is 1. The molecule has 19 heavy (non-hydrogen) atoms. The molecule has 3 N–H and O–H groups in total. The minimum absolute atomic E-state index is 0.0879. The summed E-state index contributed by atoms with van der Waals surface area (Å²) in [6, 6.07) is 7.64. The Balaban J connectivity index is 1.97. The molecule has 0 atom stereocenters. The summed E-state index contributed by atoms with van der Waals surface area (Å²) in [4.78, 5) is 14.0. The summed E-state index contributed by atoms with van der Waals surface area (Å²) in [7, 11) is 0. The average molecular weight is 263 g/mol. The zero-order chi connectivity index (χ0) is 13.5. The quantitative estimate of drug-likeness (QED) is 0.710. The minimum Gasteiger partial charge on any atom is -0.396 e. The van der Waals surface area contributed by atoms with Crippen LogP contribution >= 0.6 is 0 Å². The van der Waals surface area contributed by atoms with Crippen LogP contribution in [0.2, 0.25) is 0 Å². The fourth-order valence-corrected chi connectivity index (χ4v) is 2.26. The van der Waals surface area contributed by atoms with Crippen molar-refractivity contribution in [3.63, 3.8) is 0 Å². The molecule has 1 aromatic rings. The van der Waals surface area contributed by atoms with E-state index in [0.717, 1.165) is 24.5 Å². The van der Waals surface area contributed by atoms with Crippen LogP contribution in [0.3, 0.4) is 0 Å². The lowest BCUT2D eigenvalue weighted by molar-refractivity contribution is 0.249. The molecule has 5 nitrogen and oxygen atoms in total. The molecule has 0 aliphatic carbocycles. The SMILES string of the molecule is O=C(NCCCO)Nc1ccccc1N1CCCC1. The van der Waals surface area contributed by atoms with Crippen molar-refractivity contribution in [2.45, 2.75) is 19.3 Å². The van der Waals surface area contributed by atoms with E-state index in [1.807, 2.05) is 24.3 Å². The Morgan fingerprint density at radius 1 is 1.26 bits per heavy atom. The third kappa shape index (κ3) is 3.86. The van der Waals surface area contributed by atoms with Crippen molar-refractivity contribution in [3.05, 3.63) is 24.3 Å². The van der Waals surface area contributed by atoms with Gasteiger partial charge in [0.05, 0.1) is 11.4 Å². The van der Waals surface area contributed by atoms with Gasteiger partial charge < -0.3 is 20.6 Å². The number of hydrogen-bond donors (Lipinski definition) is 3. The van der Waals surface area contributed by atoms with Gasteiger partial charge in [-0.3, -0.25) is 0 Å². The van der Waals surface area contributed by atoms with Crippen LogP contribution < -0.4 is 15.5 Å². The monoisotopic (exact) mass is 263 g/mol. The highest BCUT2D eigenvalue weighted by atomic mass is 16.3. The normalized spacial score (nSPS) is 14.5. The number of carbonyl (C=O) groups is 1. The second kappa shape index (κ2) is 6.99. The van der Waals surface area contributed by atoms with Crippen molar-refractivity contribution in [2.75, 3.05) is 36.5 Å². The van der Waals surface area contributed by atoms with E-state index in [4.69, 9.17) is 5.11 Å². The fraction of sp³-hybridized carbons (Fsp3) is 0.500. The van der Waals surface area contributed by atoms with E-state index in [0.29, 0.717) is 13.0 Å². The van der Waals surface area contributed by atoms with Crippen LogP contribution in [-0.2, 0) is 0 Å². The van der Waals surface area contributed by atoms with Crippen LogP contribution in [0.15, 0.2) is 24.3 Å². The second-order valence-corrected chi connectivity index (χ2v) is 4.67.